The number of carbonyl (C=O) groups excluding carboxylic acids is 1. The molecule has 2 aliphatic rings. The van der Waals surface area contributed by atoms with E-state index in [0.717, 1.165) is 52.1 Å². The lowest BCUT2D eigenvalue weighted by Gasteiger charge is -2.43. The number of nitrogens with one attached hydrogen (secondary N) is 2. The Morgan fingerprint density at radius 1 is 1.32 bits per heavy atom. The Labute approximate surface area is 116 Å². The van der Waals surface area contributed by atoms with E-state index in [1.54, 1.807) is 0 Å². The van der Waals surface area contributed by atoms with Crippen molar-refractivity contribution in [3.05, 3.63) is 0 Å². The van der Waals surface area contributed by atoms with Crippen LogP contribution in [0.5, 0.6) is 0 Å². The number of nitrogens with zero attached hydrogens (tertiary/aromatic N) is 2. The van der Waals surface area contributed by atoms with Gasteiger partial charge in [0.25, 0.3) is 0 Å². The smallest absolute Gasteiger partial charge is 0.237 e. The molecular formula is C14H28N4O. The fraction of sp³-hybridized carbons (Fsp3) is 0.929. The minimum Gasteiger partial charge on any atom is -0.353 e. The van der Waals surface area contributed by atoms with E-state index in [4.69, 9.17) is 0 Å². The third kappa shape index (κ3) is 3.91. The molecule has 0 radical (unpaired) electrons. The number of carbonyl (C=O) groups is 1. The molecule has 19 heavy (non-hydrogen) atoms. The van der Waals surface area contributed by atoms with Crippen LogP contribution in [-0.4, -0.2) is 73.6 Å². The molecule has 0 saturated carbocycles. The van der Waals surface area contributed by atoms with Gasteiger partial charge in [-0.15, -0.1) is 0 Å². The van der Waals surface area contributed by atoms with Crippen LogP contribution in [0.1, 0.15) is 26.7 Å². The van der Waals surface area contributed by atoms with Gasteiger partial charge in [-0.2, -0.15) is 0 Å². The van der Waals surface area contributed by atoms with Crippen molar-refractivity contribution >= 4 is 5.91 Å². The van der Waals surface area contributed by atoms with Gasteiger partial charge in [-0.3, -0.25) is 9.69 Å². The molecule has 0 spiro atoms. The van der Waals surface area contributed by atoms with Gasteiger partial charge in [0, 0.05) is 38.3 Å². The Hall–Kier alpha value is -0.650. The molecule has 1 amide bonds. The first kappa shape index (κ1) is 14.8. The third-order valence-electron chi connectivity index (χ3n) is 4.43. The van der Waals surface area contributed by atoms with E-state index >= 15 is 0 Å². The molecule has 2 aliphatic heterocycles. The molecular weight excluding hydrogens is 240 g/mol. The molecule has 0 bridgehead atoms. The SMILES string of the molecule is CN1CCN(C(C)(C)CNC(=O)C2CCCN2)CC1. The Bertz CT molecular complexity index is 305. The lowest BCUT2D eigenvalue weighted by atomic mass is 10.0. The molecule has 110 valence electrons. The summed E-state index contributed by atoms with van der Waals surface area (Å²) in [4.78, 5) is 16.9. The van der Waals surface area contributed by atoms with Gasteiger partial charge in [0.2, 0.25) is 5.91 Å². The van der Waals surface area contributed by atoms with Crippen LogP contribution in [0.3, 0.4) is 0 Å². The summed E-state index contributed by atoms with van der Waals surface area (Å²) in [5.74, 6) is 0.166. The molecule has 5 nitrogen and oxygen atoms in total. The van der Waals surface area contributed by atoms with Crippen molar-refractivity contribution in [2.45, 2.75) is 38.3 Å². The van der Waals surface area contributed by atoms with E-state index in [9.17, 15) is 4.79 Å². The van der Waals surface area contributed by atoms with E-state index in [2.05, 4.69) is 41.3 Å². The van der Waals surface area contributed by atoms with E-state index in [1.165, 1.54) is 0 Å². The van der Waals surface area contributed by atoms with E-state index in [-0.39, 0.29) is 17.5 Å². The molecule has 5 heteroatoms. The van der Waals surface area contributed by atoms with Gasteiger partial charge in [0.15, 0.2) is 0 Å². The van der Waals surface area contributed by atoms with Crippen LogP contribution in [0.25, 0.3) is 0 Å². The minimum absolute atomic E-state index is 0.0308. The van der Waals surface area contributed by atoms with Crippen LogP contribution in [0, 0.1) is 0 Å². The zero-order valence-electron chi connectivity index (χ0n) is 12.5. The van der Waals surface area contributed by atoms with E-state index in [0.29, 0.717) is 0 Å². The average molecular weight is 268 g/mol. The molecule has 1 unspecified atom stereocenters. The fourth-order valence-corrected chi connectivity index (χ4v) is 2.86. The predicted octanol–water partition coefficient (Wildman–Crippen LogP) is -0.119. The number of hydrogen-bond donors (Lipinski definition) is 2. The highest BCUT2D eigenvalue weighted by molar-refractivity contribution is 5.82. The molecule has 0 aromatic carbocycles. The summed E-state index contributed by atoms with van der Waals surface area (Å²) < 4.78 is 0. The van der Waals surface area contributed by atoms with Gasteiger partial charge >= 0.3 is 0 Å². The number of hydrogen-bond acceptors (Lipinski definition) is 4. The normalized spacial score (nSPS) is 26.6. The lowest BCUT2D eigenvalue weighted by Crippen LogP contribution is -2.58. The van der Waals surface area contributed by atoms with Crippen molar-refractivity contribution in [1.29, 1.82) is 0 Å². The quantitative estimate of drug-likeness (QED) is 0.746. The molecule has 2 rings (SSSR count). The van der Waals surface area contributed by atoms with Gasteiger partial charge < -0.3 is 15.5 Å². The second-order valence-corrected chi connectivity index (χ2v) is 6.47. The highest BCUT2D eigenvalue weighted by Gasteiger charge is 2.30. The summed E-state index contributed by atoms with van der Waals surface area (Å²) in [5, 5.41) is 6.36. The Balaban J connectivity index is 1.78. The first-order valence-electron chi connectivity index (χ1n) is 7.44. The van der Waals surface area contributed by atoms with Gasteiger partial charge in [-0.05, 0) is 40.3 Å². The van der Waals surface area contributed by atoms with E-state index < -0.39 is 0 Å². The van der Waals surface area contributed by atoms with Crippen LogP contribution in [0.15, 0.2) is 0 Å². The van der Waals surface area contributed by atoms with Crippen molar-refractivity contribution in [2.75, 3.05) is 46.3 Å². The summed E-state index contributed by atoms with van der Waals surface area (Å²) in [6.07, 6.45) is 2.08. The van der Waals surface area contributed by atoms with Crippen LogP contribution in [0.2, 0.25) is 0 Å². The summed E-state index contributed by atoms with van der Waals surface area (Å²) in [5.41, 5.74) is 0.0372. The number of likely N-dealkylation sites (N-methyl/N-ethyl adjacent to an activating group) is 1. The Morgan fingerprint density at radius 2 is 2.00 bits per heavy atom. The van der Waals surface area contributed by atoms with Crippen LogP contribution < -0.4 is 10.6 Å². The summed E-state index contributed by atoms with van der Waals surface area (Å²) in [6, 6.07) is 0.0308. The van der Waals surface area contributed by atoms with Gasteiger partial charge in [0.1, 0.15) is 0 Å². The van der Waals surface area contributed by atoms with Crippen molar-refractivity contribution in [3.8, 4) is 0 Å². The molecule has 2 heterocycles. The highest BCUT2D eigenvalue weighted by Crippen LogP contribution is 2.16. The Morgan fingerprint density at radius 3 is 2.58 bits per heavy atom. The van der Waals surface area contributed by atoms with Gasteiger partial charge in [-0.25, -0.2) is 0 Å². The summed E-state index contributed by atoms with van der Waals surface area (Å²) in [7, 11) is 2.16. The maximum atomic E-state index is 12.0. The minimum atomic E-state index is 0.0308. The molecule has 0 aromatic heterocycles. The van der Waals surface area contributed by atoms with Gasteiger partial charge in [0.05, 0.1) is 6.04 Å². The van der Waals surface area contributed by atoms with Crippen molar-refractivity contribution in [2.24, 2.45) is 0 Å². The Kier molecular flexibility index (Phi) is 4.81. The lowest BCUT2D eigenvalue weighted by molar-refractivity contribution is -0.123. The molecule has 0 aliphatic carbocycles. The monoisotopic (exact) mass is 268 g/mol. The first-order valence-corrected chi connectivity index (χ1v) is 7.44. The highest BCUT2D eigenvalue weighted by atomic mass is 16.2. The van der Waals surface area contributed by atoms with Gasteiger partial charge in [-0.1, -0.05) is 0 Å². The van der Waals surface area contributed by atoms with Crippen LogP contribution in [-0.2, 0) is 4.79 Å². The summed E-state index contributed by atoms with van der Waals surface area (Å²) in [6.45, 7) is 10.5. The predicted molar refractivity (Wildman–Crippen MR) is 77.2 cm³/mol. The number of rotatable bonds is 4. The average Bonchev–Trinajstić information content (AvgIpc) is 2.90. The maximum absolute atomic E-state index is 12.0. The molecule has 2 fully saturated rings. The van der Waals surface area contributed by atoms with Crippen molar-refractivity contribution in [1.82, 2.24) is 20.4 Å². The van der Waals surface area contributed by atoms with E-state index in [1.807, 2.05) is 0 Å². The largest absolute Gasteiger partial charge is 0.353 e. The molecule has 0 aromatic rings. The summed E-state index contributed by atoms with van der Waals surface area (Å²) >= 11 is 0. The topological polar surface area (TPSA) is 47.6 Å². The number of amides is 1. The fourth-order valence-electron chi connectivity index (χ4n) is 2.86. The zero-order chi connectivity index (χ0) is 13.9. The number of piperazine rings is 1. The van der Waals surface area contributed by atoms with Crippen molar-refractivity contribution in [3.63, 3.8) is 0 Å². The zero-order valence-corrected chi connectivity index (χ0v) is 12.5. The molecule has 1 atom stereocenters. The third-order valence-corrected chi connectivity index (χ3v) is 4.43. The second kappa shape index (κ2) is 6.20. The second-order valence-electron chi connectivity index (χ2n) is 6.47. The van der Waals surface area contributed by atoms with Crippen LogP contribution in [0.4, 0.5) is 0 Å². The van der Waals surface area contributed by atoms with Crippen LogP contribution >= 0.6 is 0 Å². The maximum Gasteiger partial charge on any atom is 0.237 e. The molecule has 2 saturated heterocycles. The first-order chi connectivity index (χ1) is 8.99. The standard InChI is InChI=1S/C14H28N4O/c1-14(2,18-9-7-17(3)8-10-18)11-16-13(19)12-5-4-6-15-12/h12,15H,4-11H2,1-3H3,(H,16,19). The molecule has 2 N–H and O–H groups in total. The van der Waals surface area contributed by atoms with Crippen molar-refractivity contribution < 1.29 is 4.79 Å².